The third-order valence-corrected chi connectivity index (χ3v) is 6.90. The number of nitrogens with zero attached hydrogens (tertiary/aromatic N) is 4. The third-order valence-electron chi connectivity index (χ3n) is 5.72. The minimum Gasteiger partial charge on any atom is -0.350 e. The molecule has 2 aromatic rings. The third kappa shape index (κ3) is 4.09. The second kappa shape index (κ2) is 8.28. The van der Waals surface area contributed by atoms with E-state index in [1.165, 1.54) is 17.7 Å². The van der Waals surface area contributed by atoms with Gasteiger partial charge in [0.2, 0.25) is 5.91 Å². The van der Waals surface area contributed by atoms with Crippen molar-refractivity contribution in [1.29, 1.82) is 0 Å². The number of nitrogens with two attached hydrogens (primary N) is 1. The highest BCUT2D eigenvalue weighted by molar-refractivity contribution is 7.99. The fraction of sp³-hybridized carbons (Fsp3) is 0.476. The Balaban J connectivity index is 1.42. The number of carbonyl (C=O) groups excluding carboxylic acids is 1. The van der Waals surface area contributed by atoms with Crippen molar-refractivity contribution in [3.8, 4) is 0 Å². The molecule has 0 bridgehead atoms. The molecule has 2 aliphatic heterocycles. The Morgan fingerprint density at radius 3 is 2.76 bits per heavy atom. The minimum atomic E-state index is -0.626. The predicted octanol–water partition coefficient (Wildman–Crippen LogP) is 2.53. The summed E-state index contributed by atoms with van der Waals surface area (Å²) in [5, 5.41) is 0.386. The molecule has 6 nitrogen and oxygen atoms in total. The zero-order valence-electron chi connectivity index (χ0n) is 16.7. The molecule has 29 heavy (non-hydrogen) atoms. The maximum Gasteiger partial charge on any atom is 0.239 e. The predicted molar refractivity (Wildman–Crippen MR) is 113 cm³/mol. The van der Waals surface area contributed by atoms with Crippen LogP contribution in [0.1, 0.15) is 35.9 Å². The highest BCUT2D eigenvalue weighted by atomic mass is 32.2. The number of hydrogen-bond acceptors (Lipinski definition) is 6. The summed E-state index contributed by atoms with van der Waals surface area (Å²) in [6, 6.07) is 5.66. The summed E-state index contributed by atoms with van der Waals surface area (Å²) in [5.41, 5.74) is 9.40. The summed E-state index contributed by atoms with van der Waals surface area (Å²) in [6.07, 6.45) is 2.05. The number of amides is 1. The van der Waals surface area contributed by atoms with Crippen molar-refractivity contribution in [2.24, 2.45) is 5.73 Å². The summed E-state index contributed by atoms with van der Waals surface area (Å²) >= 11 is 1.88. The number of carbonyl (C=O) groups is 1. The van der Waals surface area contributed by atoms with Crippen LogP contribution in [0.5, 0.6) is 0 Å². The van der Waals surface area contributed by atoms with Gasteiger partial charge in [-0.2, -0.15) is 0 Å². The van der Waals surface area contributed by atoms with E-state index in [1.807, 2.05) is 16.7 Å². The number of halogens is 1. The Hall–Kier alpha value is -2.19. The molecule has 2 N–H and O–H groups in total. The number of hydrogen-bond donors (Lipinski definition) is 1. The maximum absolute atomic E-state index is 13.1. The molecule has 0 spiro atoms. The molecule has 1 saturated heterocycles. The molecule has 0 aliphatic carbocycles. The Morgan fingerprint density at radius 1 is 1.28 bits per heavy atom. The van der Waals surface area contributed by atoms with E-state index in [2.05, 4.69) is 28.7 Å². The van der Waals surface area contributed by atoms with E-state index in [0.29, 0.717) is 24.8 Å². The van der Waals surface area contributed by atoms with Gasteiger partial charge < -0.3 is 15.5 Å². The summed E-state index contributed by atoms with van der Waals surface area (Å²) in [4.78, 5) is 26.0. The van der Waals surface area contributed by atoms with Gasteiger partial charge in [-0.05, 0) is 38.0 Å². The zero-order valence-corrected chi connectivity index (χ0v) is 17.5. The second-order valence-corrected chi connectivity index (χ2v) is 9.10. The summed E-state index contributed by atoms with van der Waals surface area (Å²) in [5.74, 6) is 1.58. The molecule has 8 heteroatoms. The lowest BCUT2D eigenvalue weighted by molar-refractivity contribution is -0.133. The van der Waals surface area contributed by atoms with E-state index >= 15 is 0 Å². The van der Waals surface area contributed by atoms with E-state index in [0.717, 1.165) is 29.4 Å². The molecule has 4 rings (SSSR count). The second-order valence-electron chi connectivity index (χ2n) is 7.77. The van der Waals surface area contributed by atoms with Crippen molar-refractivity contribution < 1.29 is 9.18 Å². The zero-order chi connectivity index (χ0) is 20.5. The molecule has 1 unspecified atom stereocenters. The maximum atomic E-state index is 13.1. The standard InChI is InChI=1S/C21H26FN5OS/c1-13-10-26(21(28)17(23)9-15-3-5-16(22)6-4-15)7-8-27(13)20-19-14(2)29-11-18(19)24-12-25-20/h3-6,12-14,17H,7-11,23H2,1-2H3/t13?,14-,17+/m0/s1. The van der Waals surface area contributed by atoms with Gasteiger partial charge in [-0.3, -0.25) is 4.79 Å². The van der Waals surface area contributed by atoms with Crippen molar-refractivity contribution in [2.75, 3.05) is 24.5 Å². The van der Waals surface area contributed by atoms with Crippen LogP contribution >= 0.6 is 11.8 Å². The number of anilines is 1. The van der Waals surface area contributed by atoms with Crippen LogP contribution in [-0.4, -0.2) is 52.5 Å². The van der Waals surface area contributed by atoms with E-state index < -0.39 is 6.04 Å². The number of benzene rings is 1. The van der Waals surface area contributed by atoms with Crippen molar-refractivity contribution in [1.82, 2.24) is 14.9 Å². The normalized spacial score (nSPS) is 22.5. The fourth-order valence-corrected chi connectivity index (χ4v) is 5.18. The summed E-state index contributed by atoms with van der Waals surface area (Å²) in [7, 11) is 0. The molecule has 1 amide bonds. The fourth-order valence-electron chi connectivity index (χ4n) is 4.14. The lowest BCUT2D eigenvalue weighted by Gasteiger charge is -2.42. The largest absolute Gasteiger partial charge is 0.350 e. The van der Waals surface area contributed by atoms with E-state index in [1.54, 1.807) is 18.5 Å². The van der Waals surface area contributed by atoms with Gasteiger partial charge in [0.05, 0.1) is 11.7 Å². The van der Waals surface area contributed by atoms with Crippen LogP contribution in [0.4, 0.5) is 10.2 Å². The highest BCUT2D eigenvalue weighted by Crippen LogP contribution is 2.44. The first-order valence-electron chi connectivity index (χ1n) is 9.95. The minimum absolute atomic E-state index is 0.0577. The molecule has 1 aromatic carbocycles. The van der Waals surface area contributed by atoms with Crippen molar-refractivity contribution in [3.05, 3.63) is 53.2 Å². The van der Waals surface area contributed by atoms with Gasteiger partial charge in [0.25, 0.3) is 0 Å². The number of piperazine rings is 1. The van der Waals surface area contributed by atoms with Gasteiger partial charge >= 0.3 is 0 Å². The van der Waals surface area contributed by atoms with Crippen LogP contribution in [0.15, 0.2) is 30.6 Å². The number of rotatable bonds is 4. The highest BCUT2D eigenvalue weighted by Gasteiger charge is 2.34. The van der Waals surface area contributed by atoms with Crippen LogP contribution in [0.2, 0.25) is 0 Å². The Morgan fingerprint density at radius 2 is 2.03 bits per heavy atom. The van der Waals surface area contributed by atoms with Gasteiger partial charge in [-0.15, -0.1) is 11.8 Å². The SMILES string of the molecule is CC1CN(C(=O)[C@H](N)Cc2ccc(F)cc2)CCN1c1ncnc2c1[C@H](C)SC2. The van der Waals surface area contributed by atoms with Crippen molar-refractivity contribution in [2.45, 2.75) is 43.4 Å². The van der Waals surface area contributed by atoms with Gasteiger partial charge in [0, 0.05) is 42.2 Å². The first kappa shape index (κ1) is 20.1. The smallest absolute Gasteiger partial charge is 0.239 e. The molecule has 3 atom stereocenters. The number of fused-ring (bicyclic) bond motifs is 1. The van der Waals surface area contributed by atoms with Gasteiger partial charge in [0.15, 0.2) is 0 Å². The van der Waals surface area contributed by atoms with Crippen LogP contribution in [-0.2, 0) is 17.0 Å². The molecule has 0 radical (unpaired) electrons. The monoisotopic (exact) mass is 415 g/mol. The molecule has 0 saturated carbocycles. The van der Waals surface area contributed by atoms with Crippen LogP contribution in [0.25, 0.3) is 0 Å². The molecule has 1 aromatic heterocycles. The molecular weight excluding hydrogens is 389 g/mol. The molecule has 2 aliphatic rings. The Labute approximate surface area is 174 Å². The van der Waals surface area contributed by atoms with Gasteiger partial charge in [-0.25, -0.2) is 14.4 Å². The van der Waals surface area contributed by atoms with E-state index in [9.17, 15) is 9.18 Å². The quantitative estimate of drug-likeness (QED) is 0.827. The van der Waals surface area contributed by atoms with Gasteiger partial charge in [-0.1, -0.05) is 12.1 Å². The Bertz CT molecular complexity index is 893. The van der Waals surface area contributed by atoms with Crippen molar-refractivity contribution >= 4 is 23.5 Å². The molecule has 3 heterocycles. The van der Waals surface area contributed by atoms with Crippen LogP contribution in [0, 0.1) is 5.82 Å². The van der Waals surface area contributed by atoms with E-state index in [-0.39, 0.29) is 17.8 Å². The average Bonchev–Trinajstić information content (AvgIpc) is 3.10. The summed E-state index contributed by atoms with van der Waals surface area (Å²) in [6.45, 7) is 6.25. The number of thioether (sulfide) groups is 1. The van der Waals surface area contributed by atoms with Crippen LogP contribution in [0.3, 0.4) is 0 Å². The van der Waals surface area contributed by atoms with E-state index in [4.69, 9.17) is 5.73 Å². The molecule has 1 fully saturated rings. The summed E-state index contributed by atoms with van der Waals surface area (Å²) < 4.78 is 13.1. The lowest BCUT2D eigenvalue weighted by Crippen LogP contribution is -2.57. The van der Waals surface area contributed by atoms with Crippen molar-refractivity contribution in [3.63, 3.8) is 0 Å². The Kier molecular flexibility index (Phi) is 5.74. The number of aromatic nitrogens is 2. The van der Waals surface area contributed by atoms with Gasteiger partial charge in [0.1, 0.15) is 18.0 Å². The first-order chi connectivity index (χ1) is 13.9. The molecular formula is C21H26FN5OS. The topological polar surface area (TPSA) is 75.3 Å². The first-order valence-corrected chi connectivity index (χ1v) is 11.0. The average molecular weight is 416 g/mol. The molecule has 154 valence electrons. The lowest BCUT2D eigenvalue weighted by atomic mass is 10.0. The van der Waals surface area contributed by atoms with Crippen LogP contribution < -0.4 is 10.6 Å².